The molecule has 94 valence electrons. The Morgan fingerprint density at radius 3 is 2.47 bits per heavy atom. The first-order valence-corrected chi connectivity index (χ1v) is 6.68. The monoisotopic (exact) mass is 236 g/mol. The normalized spacial score (nSPS) is 41.4. The quantitative estimate of drug-likeness (QED) is 0.787. The van der Waals surface area contributed by atoms with Crippen LogP contribution in [0, 0.1) is 17.8 Å². The molecule has 0 radical (unpaired) electrons. The summed E-state index contributed by atoms with van der Waals surface area (Å²) >= 11 is 0. The first kappa shape index (κ1) is 11.1. The van der Waals surface area contributed by atoms with Crippen LogP contribution in [0.1, 0.15) is 33.1 Å². The van der Waals surface area contributed by atoms with Gasteiger partial charge in [0.05, 0.1) is 0 Å². The minimum Gasteiger partial charge on any atom is -0.342 e. The molecule has 4 heteroatoms. The van der Waals surface area contributed by atoms with Crippen molar-refractivity contribution >= 4 is 11.8 Å². The Morgan fingerprint density at radius 2 is 1.94 bits per heavy atom. The minimum atomic E-state index is -0.287. The zero-order valence-electron chi connectivity index (χ0n) is 10.5. The summed E-state index contributed by atoms with van der Waals surface area (Å²) in [5.41, 5.74) is 0. The molecular formula is C13H20N2O2. The summed E-state index contributed by atoms with van der Waals surface area (Å²) in [6.07, 6.45) is 3.36. The predicted molar refractivity (Wildman–Crippen MR) is 63.1 cm³/mol. The second-order valence-electron chi connectivity index (χ2n) is 5.96. The van der Waals surface area contributed by atoms with Crippen molar-refractivity contribution in [3.63, 3.8) is 0 Å². The molecule has 2 aliphatic carbocycles. The van der Waals surface area contributed by atoms with E-state index in [2.05, 4.69) is 12.2 Å². The van der Waals surface area contributed by atoms with Crippen molar-refractivity contribution in [2.45, 2.75) is 45.2 Å². The molecule has 4 unspecified atom stereocenters. The number of rotatable bonds is 3. The van der Waals surface area contributed by atoms with E-state index in [1.807, 2.05) is 11.8 Å². The van der Waals surface area contributed by atoms with Gasteiger partial charge in [0.1, 0.15) is 12.1 Å². The van der Waals surface area contributed by atoms with E-state index in [0.29, 0.717) is 11.8 Å². The third kappa shape index (κ3) is 1.94. The van der Waals surface area contributed by atoms with Gasteiger partial charge in [0.15, 0.2) is 0 Å². The van der Waals surface area contributed by atoms with Gasteiger partial charge in [-0.15, -0.1) is 0 Å². The van der Waals surface area contributed by atoms with Gasteiger partial charge < -0.3 is 10.2 Å². The minimum absolute atomic E-state index is 0.0230. The van der Waals surface area contributed by atoms with Gasteiger partial charge in [0.25, 0.3) is 0 Å². The molecule has 0 aromatic carbocycles. The van der Waals surface area contributed by atoms with Gasteiger partial charge >= 0.3 is 0 Å². The Labute approximate surface area is 102 Å². The highest BCUT2D eigenvalue weighted by molar-refractivity contribution is 5.97. The van der Waals surface area contributed by atoms with Gasteiger partial charge in [-0.25, -0.2) is 0 Å². The average molecular weight is 236 g/mol. The lowest BCUT2D eigenvalue weighted by molar-refractivity contribution is -0.149. The lowest BCUT2D eigenvalue weighted by atomic mass is 10.0. The Kier molecular flexibility index (Phi) is 2.42. The first-order valence-electron chi connectivity index (χ1n) is 6.68. The Bertz CT molecular complexity index is 364. The fourth-order valence-corrected chi connectivity index (χ4v) is 2.75. The van der Waals surface area contributed by atoms with E-state index in [4.69, 9.17) is 0 Å². The second-order valence-corrected chi connectivity index (χ2v) is 5.96. The molecule has 0 spiro atoms. The maximum absolute atomic E-state index is 12.3. The molecule has 1 saturated heterocycles. The highest BCUT2D eigenvalue weighted by atomic mass is 16.2. The Balaban J connectivity index is 1.73. The second kappa shape index (κ2) is 3.72. The highest BCUT2D eigenvalue weighted by Gasteiger charge is 2.47. The molecule has 4 atom stereocenters. The summed E-state index contributed by atoms with van der Waals surface area (Å²) in [6, 6.07) is -0.516. The van der Waals surface area contributed by atoms with Gasteiger partial charge in [-0.1, -0.05) is 6.92 Å². The van der Waals surface area contributed by atoms with E-state index in [-0.39, 0.29) is 23.9 Å². The van der Waals surface area contributed by atoms with Crippen LogP contribution < -0.4 is 5.32 Å². The van der Waals surface area contributed by atoms with Gasteiger partial charge in [-0.2, -0.15) is 0 Å². The van der Waals surface area contributed by atoms with E-state index in [9.17, 15) is 9.59 Å². The van der Waals surface area contributed by atoms with E-state index in [1.54, 1.807) is 0 Å². The lowest BCUT2D eigenvalue weighted by Gasteiger charge is -2.37. The first-order chi connectivity index (χ1) is 8.08. The van der Waals surface area contributed by atoms with Crippen LogP contribution >= 0.6 is 0 Å². The van der Waals surface area contributed by atoms with Crippen LogP contribution in [0.25, 0.3) is 0 Å². The molecule has 3 aliphatic rings. The van der Waals surface area contributed by atoms with E-state index < -0.39 is 0 Å². The Hall–Kier alpha value is -1.06. The lowest BCUT2D eigenvalue weighted by Crippen LogP contribution is -2.63. The van der Waals surface area contributed by atoms with Crippen LogP contribution in [0.4, 0.5) is 0 Å². The smallest absolute Gasteiger partial charge is 0.246 e. The van der Waals surface area contributed by atoms with Gasteiger partial charge in [0.2, 0.25) is 11.8 Å². The fourth-order valence-electron chi connectivity index (χ4n) is 2.75. The van der Waals surface area contributed by atoms with Crippen LogP contribution in [-0.4, -0.2) is 35.3 Å². The van der Waals surface area contributed by atoms with Crippen molar-refractivity contribution in [1.29, 1.82) is 0 Å². The van der Waals surface area contributed by atoms with E-state index in [1.165, 1.54) is 6.42 Å². The summed E-state index contributed by atoms with van der Waals surface area (Å²) in [6.45, 7) is 4.82. The standard InChI is InChI=1S/C13H20N2O2/c1-7-5-10(7)6-15-8(2)12(16)14-11(13(15)17)9-3-4-9/h7-11H,3-6H2,1-2H3,(H,14,16). The number of nitrogens with one attached hydrogen (secondary N) is 1. The fraction of sp³-hybridized carbons (Fsp3) is 0.846. The van der Waals surface area contributed by atoms with Crippen molar-refractivity contribution in [2.24, 2.45) is 17.8 Å². The van der Waals surface area contributed by atoms with Crippen molar-refractivity contribution < 1.29 is 9.59 Å². The highest BCUT2D eigenvalue weighted by Crippen LogP contribution is 2.40. The largest absolute Gasteiger partial charge is 0.342 e. The summed E-state index contributed by atoms with van der Waals surface area (Å²) in [5.74, 6) is 1.91. The molecule has 1 aliphatic heterocycles. The van der Waals surface area contributed by atoms with E-state index in [0.717, 1.165) is 25.3 Å². The SMILES string of the molecule is CC1CC1CN1C(=O)C(C2CC2)NC(=O)C1C. The van der Waals surface area contributed by atoms with Gasteiger partial charge in [-0.05, 0) is 43.9 Å². The molecule has 3 fully saturated rings. The molecule has 1 N–H and O–H groups in total. The van der Waals surface area contributed by atoms with Crippen LogP contribution in [0.2, 0.25) is 0 Å². The van der Waals surface area contributed by atoms with Gasteiger partial charge in [-0.3, -0.25) is 9.59 Å². The van der Waals surface area contributed by atoms with Crippen LogP contribution in [-0.2, 0) is 9.59 Å². The maximum atomic E-state index is 12.3. The summed E-state index contributed by atoms with van der Waals surface area (Å²) in [7, 11) is 0. The molecule has 0 bridgehead atoms. The van der Waals surface area contributed by atoms with Gasteiger partial charge in [0, 0.05) is 6.54 Å². The number of amides is 2. The molecule has 3 rings (SSSR count). The molecule has 1 heterocycles. The van der Waals surface area contributed by atoms with Crippen molar-refractivity contribution in [3.8, 4) is 0 Å². The number of hydrogen-bond donors (Lipinski definition) is 1. The zero-order chi connectivity index (χ0) is 12.2. The number of hydrogen-bond acceptors (Lipinski definition) is 2. The summed E-state index contributed by atoms with van der Waals surface area (Å²) in [5, 5.41) is 2.88. The van der Waals surface area contributed by atoms with Crippen molar-refractivity contribution in [1.82, 2.24) is 10.2 Å². The molecule has 2 saturated carbocycles. The van der Waals surface area contributed by atoms with Crippen molar-refractivity contribution in [2.75, 3.05) is 6.54 Å². The molecule has 0 aromatic rings. The zero-order valence-corrected chi connectivity index (χ0v) is 10.5. The van der Waals surface area contributed by atoms with Crippen molar-refractivity contribution in [3.05, 3.63) is 0 Å². The Morgan fingerprint density at radius 1 is 1.29 bits per heavy atom. The number of carbonyl (C=O) groups excluding carboxylic acids is 2. The topological polar surface area (TPSA) is 49.4 Å². The number of piperazine rings is 1. The molecule has 0 aromatic heterocycles. The van der Waals surface area contributed by atoms with E-state index >= 15 is 0 Å². The predicted octanol–water partition coefficient (Wildman–Crippen LogP) is 0.768. The third-order valence-corrected chi connectivity index (χ3v) is 4.49. The van der Waals surface area contributed by atoms with Crippen LogP contribution in [0.3, 0.4) is 0 Å². The summed E-state index contributed by atoms with van der Waals surface area (Å²) < 4.78 is 0. The molecule has 4 nitrogen and oxygen atoms in total. The van der Waals surface area contributed by atoms with Crippen LogP contribution in [0.15, 0.2) is 0 Å². The maximum Gasteiger partial charge on any atom is 0.246 e. The molecule has 17 heavy (non-hydrogen) atoms. The molecule has 2 amide bonds. The summed E-state index contributed by atoms with van der Waals surface area (Å²) in [4.78, 5) is 26.0. The average Bonchev–Trinajstić information content (AvgIpc) is 3.16. The molecular weight excluding hydrogens is 216 g/mol. The number of carbonyl (C=O) groups is 2. The number of nitrogens with zero attached hydrogens (tertiary/aromatic N) is 1. The third-order valence-electron chi connectivity index (χ3n) is 4.49. The van der Waals surface area contributed by atoms with Crippen LogP contribution in [0.5, 0.6) is 0 Å².